The number of rotatable bonds is 7. The van der Waals surface area contributed by atoms with Crippen molar-refractivity contribution in [1.29, 1.82) is 0 Å². The Hall–Kier alpha value is -4.35. The van der Waals surface area contributed by atoms with Gasteiger partial charge in [-0.2, -0.15) is 28.8 Å². The maximum atomic E-state index is 13.8. The van der Waals surface area contributed by atoms with Gasteiger partial charge in [0, 0.05) is 6.54 Å². The third-order valence-corrected chi connectivity index (χ3v) is 5.96. The van der Waals surface area contributed by atoms with Gasteiger partial charge in [-0.15, -0.1) is 0 Å². The number of nitrogens with zero attached hydrogens (tertiary/aromatic N) is 6. The molecule has 2 aromatic carbocycles. The van der Waals surface area contributed by atoms with Crippen LogP contribution in [-0.2, 0) is 0 Å². The molecule has 12 heteroatoms. The summed E-state index contributed by atoms with van der Waals surface area (Å²) in [7, 11) is 1.54. The van der Waals surface area contributed by atoms with Gasteiger partial charge in [0.25, 0.3) is 5.91 Å². The molecule has 0 aliphatic carbocycles. The quantitative estimate of drug-likeness (QED) is 0.374. The van der Waals surface area contributed by atoms with Gasteiger partial charge in [0.15, 0.2) is 0 Å². The summed E-state index contributed by atoms with van der Waals surface area (Å²) in [6.45, 7) is -0.659. The van der Waals surface area contributed by atoms with Crippen LogP contribution in [0.25, 0.3) is 17.1 Å². The van der Waals surface area contributed by atoms with Crippen LogP contribution in [0, 0.1) is 6.92 Å². The number of aromatic nitrogens is 5. The van der Waals surface area contributed by atoms with Crippen molar-refractivity contribution in [2.24, 2.45) is 0 Å². The van der Waals surface area contributed by atoms with E-state index in [1.165, 1.54) is 30.4 Å². The Balaban J connectivity index is 1.48. The van der Waals surface area contributed by atoms with Crippen molar-refractivity contribution < 1.29 is 27.6 Å². The number of amides is 1. The zero-order chi connectivity index (χ0) is 25.2. The minimum Gasteiger partial charge on any atom is -0.496 e. The van der Waals surface area contributed by atoms with E-state index < -0.39 is 12.7 Å². The van der Waals surface area contributed by atoms with E-state index in [2.05, 4.69) is 25.1 Å². The van der Waals surface area contributed by atoms with Crippen molar-refractivity contribution in [2.45, 2.75) is 32.4 Å². The average molecular weight is 496 g/mol. The fourth-order valence-electron chi connectivity index (χ4n) is 4.32. The number of methoxy groups -OCH3 is 1. The third kappa shape index (κ3) is 4.37. The fraction of sp³-hybridized carbons (Fsp3) is 0.292. The molecule has 3 heterocycles. The third-order valence-electron chi connectivity index (χ3n) is 5.96. The van der Waals surface area contributed by atoms with Crippen LogP contribution in [0.15, 0.2) is 53.3 Å². The van der Waals surface area contributed by atoms with Crippen LogP contribution in [-0.4, -0.2) is 56.2 Å². The van der Waals surface area contributed by atoms with E-state index in [4.69, 9.17) is 9.26 Å². The molecule has 1 atom stereocenters. The van der Waals surface area contributed by atoms with Crippen LogP contribution in [0.3, 0.4) is 0 Å². The highest BCUT2D eigenvalue weighted by Crippen LogP contribution is 2.36. The topological polar surface area (TPSA) is 108 Å². The number of benzene rings is 2. The molecule has 4 aromatic rings. The molecule has 186 valence electrons. The molecule has 0 radical (unpaired) electrons. The lowest BCUT2D eigenvalue weighted by molar-refractivity contribution is -0.0494. The number of para-hydroxylation sites is 1. The smallest absolute Gasteiger partial charge is 0.387 e. The highest BCUT2D eigenvalue weighted by molar-refractivity contribution is 5.98. The van der Waals surface area contributed by atoms with Crippen molar-refractivity contribution in [1.82, 2.24) is 30.0 Å². The summed E-state index contributed by atoms with van der Waals surface area (Å²) in [4.78, 5) is 21.2. The van der Waals surface area contributed by atoms with Gasteiger partial charge in [-0.05, 0) is 49.6 Å². The van der Waals surface area contributed by atoms with Crippen LogP contribution >= 0.6 is 0 Å². The fourth-order valence-corrected chi connectivity index (χ4v) is 4.32. The van der Waals surface area contributed by atoms with Crippen LogP contribution in [0.2, 0.25) is 0 Å². The zero-order valence-corrected chi connectivity index (χ0v) is 19.5. The number of carbonyl (C=O) groups is 1. The number of halogens is 2. The van der Waals surface area contributed by atoms with Gasteiger partial charge in [-0.3, -0.25) is 4.79 Å². The second-order valence-electron chi connectivity index (χ2n) is 8.14. The monoisotopic (exact) mass is 496 g/mol. The second kappa shape index (κ2) is 9.72. The summed E-state index contributed by atoms with van der Waals surface area (Å²) in [5.74, 6) is 0.520. The Kier molecular flexibility index (Phi) is 6.32. The molecule has 1 unspecified atom stereocenters. The number of aryl methyl sites for hydroxylation is 1. The molecular formula is C24H22F2N6O4. The van der Waals surface area contributed by atoms with Gasteiger partial charge in [0.2, 0.25) is 11.7 Å². The zero-order valence-electron chi connectivity index (χ0n) is 19.5. The number of likely N-dealkylation sites (tertiary alicyclic amines) is 1. The summed E-state index contributed by atoms with van der Waals surface area (Å²) < 4.78 is 41.2. The minimum atomic E-state index is -2.99. The van der Waals surface area contributed by atoms with Crippen molar-refractivity contribution >= 4 is 5.91 Å². The average Bonchev–Trinajstić information content (AvgIpc) is 3.65. The Bertz CT molecular complexity index is 1370. The van der Waals surface area contributed by atoms with Crippen molar-refractivity contribution in [3.63, 3.8) is 0 Å². The molecule has 36 heavy (non-hydrogen) atoms. The summed E-state index contributed by atoms with van der Waals surface area (Å²) in [6.07, 6.45) is 4.38. The van der Waals surface area contributed by atoms with Gasteiger partial charge in [0.05, 0.1) is 36.3 Å². The Morgan fingerprint density at radius 2 is 1.94 bits per heavy atom. The lowest BCUT2D eigenvalue weighted by Gasteiger charge is -2.23. The van der Waals surface area contributed by atoms with E-state index in [0.29, 0.717) is 30.0 Å². The van der Waals surface area contributed by atoms with E-state index >= 15 is 0 Å². The maximum absolute atomic E-state index is 13.8. The number of ether oxygens (including phenoxy) is 2. The standard InChI is InChI=1S/C24H22F2N6O4/c1-14-12-18(32-27-9-10-28-32)16(13-20(14)34-2)23(33)31-11-5-7-17(31)22-29-21(30-36-22)15-6-3-4-8-19(15)35-24(25)26/h3-4,6,8-10,12-13,17,24H,5,7,11H2,1-2H3. The van der Waals surface area contributed by atoms with Crippen LogP contribution in [0.1, 0.15) is 40.7 Å². The molecule has 1 amide bonds. The highest BCUT2D eigenvalue weighted by atomic mass is 19.3. The maximum Gasteiger partial charge on any atom is 0.387 e. The second-order valence-corrected chi connectivity index (χ2v) is 8.14. The van der Waals surface area contributed by atoms with E-state index in [9.17, 15) is 13.6 Å². The number of hydrogen-bond donors (Lipinski definition) is 0. The first-order valence-electron chi connectivity index (χ1n) is 11.2. The molecule has 5 rings (SSSR count). The molecule has 1 saturated heterocycles. The molecule has 10 nitrogen and oxygen atoms in total. The summed E-state index contributed by atoms with van der Waals surface area (Å²) in [6, 6.07) is 9.16. The van der Waals surface area contributed by atoms with Gasteiger partial charge < -0.3 is 18.9 Å². The molecule has 1 fully saturated rings. The predicted octanol–water partition coefficient (Wildman–Crippen LogP) is 4.21. The SMILES string of the molecule is COc1cc(C(=O)N2CCCC2c2nc(-c3ccccc3OC(F)F)no2)c(-n2nccn2)cc1C. The van der Waals surface area contributed by atoms with Crippen LogP contribution in [0.5, 0.6) is 11.5 Å². The predicted molar refractivity (Wildman–Crippen MR) is 122 cm³/mol. The van der Waals surface area contributed by atoms with Gasteiger partial charge in [0.1, 0.15) is 17.5 Å². The lowest BCUT2D eigenvalue weighted by Crippen LogP contribution is -2.31. The largest absolute Gasteiger partial charge is 0.496 e. The normalized spacial score (nSPS) is 15.5. The Labute approximate surface area is 204 Å². The highest BCUT2D eigenvalue weighted by Gasteiger charge is 2.36. The molecule has 0 spiro atoms. The first-order chi connectivity index (χ1) is 17.5. The minimum absolute atomic E-state index is 0.0673. The molecule has 0 N–H and O–H groups in total. The number of carbonyl (C=O) groups excluding carboxylic acids is 1. The first kappa shape index (κ1) is 23.4. The first-order valence-corrected chi connectivity index (χ1v) is 11.2. The van der Waals surface area contributed by atoms with Crippen molar-refractivity contribution in [3.8, 4) is 28.6 Å². The summed E-state index contributed by atoms with van der Waals surface area (Å²) >= 11 is 0. The summed E-state index contributed by atoms with van der Waals surface area (Å²) in [5, 5.41) is 12.3. The van der Waals surface area contributed by atoms with Gasteiger partial charge in [-0.1, -0.05) is 17.3 Å². The van der Waals surface area contributed by atoms with Crippen molar-refractivity contribution in [3.05, 3.63) is 65.8 Å². The summed E-state index contributed by atoms with van der Waals surface area (Å²) in [5.41, 5.74) is 1.96. The molecule has 0 saturated carbocycles. The van der Waals surface area contributed by atoms with Crippen LogP contribution in [0.4, 0.5) is 8.78 Å². The Morgan fingerprint density at radius 3 is 2.69 bits per heavy atom. The Morgan fingerprint density at radius 1 is 1.17 bits per heavy atom. The molecule has 1 aliphatic rings. The van der Waals surface area contributed by atoms with E-state index in [-0.39, 0.29) is 28.9 Å². The number of hydrogen-bond acceptors (Lipinski definition) is 8. The van der Waals surface area contributed by atoms with Crippen LogP contribution < -0.4 is 9.47 Å². The van der Waals surface area contributed by atoms with Gasteiger partial charge >= 0.3 is 6.61 Å². The van der Waals surface area contributed by atoms with Gasteiger partial charge in [-0.25, -0.2) is 0 Å². The molecule has 2 aromatic heterocycles. The molecule has 0 bridgehead atoms. The van der Waals surface area contributed by atoms with E-state index in [1.807, 2.05) is 6.92 Å². The van der Waals surface area contributed by atoms with E-state index in [1.54, 1.807) is 35.2 Å². The molecular weight excluding hydrogens is 474 g/mol. The van der Waals surface area contributed by atoms with E-state index in [0.717, 1.165) is 12.0 Å². The van der Waals surface area contributed by atoms with Crippen molar-refractivity contribution in [2.75, 3.05) is 13.7 Å². The number of alkyl halides is 2. The lowest BCUT2D eigenvalue weighted by atomic mass is 10.1. The molecule has 1 aliphatic heterocycles.